The molecule has 1 aromatic heterocycles. The number of benzene rings is 1. The number of hydrogen-bond donors (Lipinski definition) is 3. The number of carbonyl (C=O) groups excluding carboxylic acids is 1. The van der Waals surface area contributed by atoms with Gasteiger partial charge in [-0.3, -0.25) is 9.59 Å². The van der Waals surface area contributed by atoms with E-state index in [1.165, 1.54) is 12.3 Å². The highest BCUT2D eigenvalue weighted by atomic mass is 127. The standard InChI is InChI=1S/C14H13IN4O3/c15-9-3-1-4-10(7-9)18-12(20)8-22-19-13(16)11-5-2-6-17-14(11)21/h1-7H,8H2,(H2,16,19)(H,17,21)(H,18,20). The van der Waals surface area contributed by atoms with E-state index in [9.17, 15) is 9.59 Å². The Bertz CT molecular complexity index is 758. The number of aromatic nitrogens is 1. The summed E-state index contributed by atoms with van der Waals surface area (Å²) in [5, 5.41) is 6.23. The Labute approximate surface area is 139 Å². The van der Waals surface area contributed by atoms with Crippen molar-refractivity contribution in [2.45, 2.75) is 0 Å². The summed E-state index contributed by atoms with van der Waals surface area (Å²) in [5.74, 6) is -0.468. The molecule has 2 aromatic rings. The van der Waals surface area contributed by atoms with Gasteiger partial charge in [-0.25, -0.2) is 0 Å². The highest BCUT2D eigenvalue weighted by molar-refractivity contribution is 14.1. The molecule has 8 heteroatoms. The molecule has 2 rings (SSSR count). The molecular weight excluding hydrogens is 399 g/mol. The van der Waals surface area contributed by atoms with Gasteiger partial charge < -0.3 is 20.9 Å². The fourth-order valence-electron chi connectivity index (χ4n) is 1.60. The number of oxime groups is 1. The number of rotatable bonds is 5. The number of H-pyrrole nitrogens is 1. The number of amidine groups is 1. The summed E-state index contributed by atoms with van der Waals surface area (Å²) in [6.07, 6.45) is 1.48. The third-order valence-corrected chi connectivity index (χ3v) is 3.23. The molecule has 1 aromatic carbocycles. The second-order valence-electron chi connectivity index (χ2n) is 4.22. The SMILES string of the molecule is N/C(=N\OCC(=O)Nc1cccc(I)c1)c1ccc[nH]c1=O. The summed E-state index contributed by atoms with van der Waals surface area (Å²) in [6.45, 7) is -0.309. The van der Waals surface area contributed by atoms with Crippen LogP contribution in [-0.2, 0) is 9.63 Å². The average molecular weight is 412 g/mol. The number of pyridine rings is 1. The summed E-state index contributed by atoms with van der Waals surface area (Å²) < 4.78 is 1.00. The van der Waals surface area contributed by atoms with Crippen LogP contribution in [0.2, 0.25) is 0 Å². The maximum absolute atomic E-state index is 11.7. The third kappa shape index (κ3) is 4.58. The van der Waals surface area contributed by atoms with Crippen molar-refractivity contribution in [3.8, 4) is 0 Å². The minimum Gasteiger partial charge on any atom is -0.384 e. The maximum Gasteiger partial charge on any atom is 0.265 e. The molecule has 0 unspecified atom stereocenters. The number of amides is 1. The highest BCUT2D eigenvalue weighted by Crippen LogP contribution is 2.12. The predicted molar refractivity (Wildman–Crippen MR) is 91.5 cm³/mol. The fraction of sp³-hybridized carbons (Fsp3) is 0.0714. The van der Waals surface area contributed by atoms with Crippen molar-refractivity contribution in [3.05, 3.63) is 62.1 Å². The van der Waals surface area contributed by atoms with Crippen LogP contribution in [0.3, 0.4) is 0 Å². The molecule has 1 amide bonds. The summed E-state index contributed by atoms with van der Waals surface area (Å²) in [5.41, 5.74) is 6.09. The molecule has 114 valence electrons. The van der Waals surface area contributed by atoms with E-state index in [-0.39, 0.29) is 29.5 Å². The average Bonchev–Trinajstić information content (AvgIpc) is 2.47. The number of nitrogens with one attached hydrogen (secondary N) is 2. The fourth-order valence-corrected chi connectivity index (χ4v) is 2.14. The van der Waals surface area contributed by atoms with Crippen LogP contribution in [0.1, 0.15) is 5.56 Å². The summed E-state index contributed by atoms with van der Waals surface area (Å²) in [6, 6.07) is 10.4. The molecule has 0 aliphatic heterocycles. The Morgan fingerprint density at radius 3 is 2.91 bits per heavy atom. The van der Waals surface area contributed by atoms with Crippen molar-refractivity contribution in [3.63, 3.8) is 0 Å². The number of nitrogens with two attached hydrogens (primary N) is 1. The van der Waals surface area contributed by atoms with Gasteiger partial charge in [0, 0.05) is 15.5 Å². The number of hydrogen-bond acceptors (Lipinski definition) is 4. The largest absolute Gasteiger partial charge is 0.384 e. The molecule has 0 aliphatic carbocycles. The third-order valence-electron chi connectivity index (χ3n) is 2.56. The van der Waals surface area contributed by atoms with Crippen LogP contribution in [0.25, 0.3) is 0 Å². The second kappa shape index (κ2) is 7.59. The van der Waals surface area contributed by atoms with E-state index < -0.39 is 0 Å². The van der Waals surface area contributed by atoms with E-state index in [4.69, 9.17) is 10.6 Å². The number of anilines is 1. The molecule has 0 fully saturated rings. The Morgan fingerprint density at radius 1 is 1.36 bits per heavy atom. The van der Waals surface area contributed by atoms with Gasteiger partial charge in [-0.05, 0) is 52.9 Å². The number of nitrogens with zero attached hydrogens (tertiary/aromatic N) is 1. The lowest BCUT2D eigenvalue weighted by Gasteiger charge is -2.05. The van der Waals surface area contributed by atoms with Crippen molar-refractivity contribution >= 4 is 40.0 Å². The zero-order valence-electron chi connectivity index (χ0n) is 11.4. The van der Waals surface area contributed by atoms with Gasteiger partial charge in [0.15, 0.2) is 12.4 Å². The highest BCUT2D eigenvalue weighted by Gasteiger charge is 2.06. The van der Waals surface area contributed by atoms with Gasteiger partial charge in [-0.1, -0.05) is 11.2 Å². The smallest absolute Gasteiger partial charge is 0.265 e. The second-order valence-corrected chi connectivity index (χ2v) is 5.47. The molecule has 7 nitrogen and oxygen atoms in total. The van der Waals surface area contributed by atoms with Crippen LogP contribution in [0.15, 0.2) is 52.5 Å². The minimum atomic E-state index is -0.379. The van der Waals surface area contributed by atoms with Crippen LogP contribution < -0.4 is 16.6 Å². The van der Waals surface area contributed by atoms with Gasteiger partial charge in [0.05, 0.1) is 5.56 Å². The zero-order chi connectivity index (χ0) is 15.9. The molecule has 0 saturated carbocycles. The van der Waals surface area contributed by atoms with Gasteiger partial charge >= 0.3 is 0 Å². The normalized spacial score (nSPS) is 11.0. The van der Waals surface area contributed by atoms with Gasteiger partial charge in [0.2, 0.25) is 0 Å². The van der Waals surface area contributed by atoms with Gasteiger partial charge in [-0.2, -0.15) is 0 Å². The zero-order valence-corrected chi connectivity index (χ0v) is 13.5. The molecule has 0 spiro atoms. The Balaban J connectivity index is 1.90. The van der Waals surface area contributed by atoms with Gasteiger partial charge in [-0.15, -0.1) is 0 Å². The first kappa shape index (κ1) is 16.0. The predicted octanol–water partition coefficient (Wildman–Crippen LogP) is 1.26. The Hall–Kier alpha value is -2.36. The number of carbonyl (C=O) groups is 1. The van der Waals surface area contributed by atoms with Crippen LogP contribution in [0.4, 0.5) is 5.69 Å². The van der Waals surface area contributed by atoms with Crippen LogP contribution >= 0.6 is 22.6 Å². The van der Waals surface area contributed by atoms with Crippen molar-refractivity contribution in [2.75, 3.05) is 11.9 Å². The van der Waals surface area contributed by atoms with Crippen LogP contribution in [0, 0.1) is 3.57 Å². The van der Waals surface area contributed by atoms with Crippen LogP contribution in [0.5, 0.6) is 0 Å². The number of halogens is 1. The van der Waals surface area contributed by atoms with Gasteiger partial charge in [0.25, 0.3) is 11.5 Å². The minimum absolute atomic E-state index is 0.0936. The molecule has 0 atom stereocenters. The lowest BCUT2D eigenvalue weighted by Crippen LogP contribution is -2.25. The summed E-state index contributed by atoms with van der Waals surface area (Å²) in [7, 11) is 0. The lowest BCUT2D eigenvalue weighted by molar-refractivity contribution is -0.120. The molecule has 1 heterocycles. The Morgan fingerprint density at radius 2 is 2.18 bits per heavy atom. The quantitative estimate of drug-likeness (QED) is 0.297. The van der Waals surface area contributed by atoms with Crippen molar-refractivity contribution in [2.24, 2.45) is 10.9 Å². The van der Waals surface area contributed by atoms with Crippen LogP contribution in [-0.4, -0.2) is 23.3 Å². The lowest BCUT2D eigenvalue weighted by atomic mass is 10.3. The molecule has 0 aliphatic rings. The topological polar surface area (TPSA) is 110 Å². The van der Waals surface area contributed by atoms with Crippen molar-refractivity contribution < 1.29 is 9.63 Å². The molecule has 4 N–H and O–H groups in total. The van der Waals surface area contributed by atoms with E-state index in [0.29, 0.717) is 5.69 Å². The monoisotopic (exact) mass is 412 g/mol. The van der Waals surface area contributed by atoms with E-state index >= 15 is 0 Å². The van der Waals surface area contributed by atoms with Crippen molar-refractivity contribution in [1.29, 1.82) is 0 Å². The van der Waals surface area contributed by atoms with Crippen molar-refractivity contribution in [1.82, 2.24) is 4.98 Å². The van der Waals surface area contributed by atoms with E-state index in [1.54, 1.807) is 12.1 Å². The summed E-state index contributed by atoms with van der Waals surface area (Å²) >= 11 is 2.15. The first-order valence-corrected chi connectivity index (χ1v) is 7.33. The first-order valence-electron chi connectivity index (χ1n) is 6.25. The molecule has 0 bridgehead atoms. The molecule has 0 radical (unpaired) electrons. The molecule has 0 saturated heterocycles. The Kier molecular flexibility index (Phi) is 5.53. The first-order chi connectivity index (χ1) is 10.6. The number of aromatic amines is 1. The summed E-state index contributed by atoms with van der Waals surface area (Å²) in [4.78, 5) is 30.5. The van der Waals surface area contributed by atoms with E-state index in [1.807, 2.05) is 18.2 Å². The molecular formula is C14H13IN4O3. The molecule has 22 heavy (non-hydrogen) atoms. The van der Waals surface area contributed by atoms with E-state index in [2.05, 4.69) is 38.0 Å². The maximum atomic E-state index is 11.7. The van der Waals surface area contributed by atoms with Gasteiger partial charge in [0.1, 0.15) is 0 Å². The van der Waals surface area contributed by atoms with E-state index in [0.717, 1.165) is 3.57 Å².